The Morgan fingerprint density at radius 3 is 1.50 bits per heavy atom. The summed E-state index contributed by atoms with van der Waals surface area (Å²) in [5.74, 6) is 0. The minimum absolute atomic E-state index is 0. The molecule has 0 aromatic heterocycles. The fourth-order valence-corrected chi connectivity index (χ4v) is 0.628. The molecule has 0 saturated carbocycles. The first-order valence-electron chi connectivity index (χ1n) is 3.49. The summed E-state index contributed by atoms with van der Waals surface area (Å²) in [5.41, 5.74) is 0. The van der Waals surface area contributed by atoms with Gasteiger partial charge in [-0.25, -0.2) is 0 Å². The second-order valence-corrected chi connectivity index (χ2v) is 3.02. The van der Waals surface area contributed by atoms with Crippen molar-refractivity contribution in [2.45, 2.75) is 19.9 Å². The molecule has 0 N–H and O–H groups in total. The minimum atomic E-state index is 0. The Bertz CT molecular complexity index is 77.3. The van der Waals surface area contributed by atoms with Gasteiger partial charge in [0.1, 0.15) is 0 Å². The molecule has 0 aromatic rings. The third kappa shape index (κ3) is 3.16. The van der Waals surface area contributed by atoms with Crippen molar-refractivity contribution in [1.29, 1.82) is 0 Å². The summed E-state index contributed by atoms with van der Waals surface area (Å²) in [7, 11) is 2.19. The molecule has 0 unspecified atom stereocenters. The van der Waals surface area contributed by atoms with Crippen molar-refractivity contribution in [2.24, 2.45) is 0 Å². The molecule has 0 aliphatic rings. The van der Waals surface area contributed by atoms with E-state index in [-0.39, 0.29) is 21.1 Å². The molecule has 0 spiro atoms. The van der Waals surface area contributed by atoms with Crippen molar-refractivity contribution in [3.05, 3.63) is 13.8 Å². The maximum Gasteiger partial charge on any atom is 2.00 e. The van der Waals surface area contributed by atoms with Crippen molar-refractivity contribution in [1.82, 2.24) is 0 Å². The van der Waals surface area contributed by atoms with Gasteiger partial charge in [-0.05, 0) is 26.9 Å². The molecule has 60 valence electrons. The van der Waals surface area contributed by atoms with Crippen LogP contribution in [0, 0.1) is 13.8 Å². The van der Waals surface area contributed by atoms with E-state index >= 15 is 0 Å². The molecule has 0 rings (SSSR count). The van der Waals surface area contributed by atoms with Gasteiger partial charge >= 0.3 is 21.1 Å². The van der Waals surface area contributed by atoms with Gasteiger partial charge in [0, 0.05) is 0 Å². The third-order valence-electron chi connectivity index (χ3n) is 2.27. The molecule has 1 nitrogen and oxygen atoms in total. The molecule has 0 radical (unpaired) electrons. The van der Waals surface area contributed by atoms with Crippen LogP contribution in [-0.2, 0) is 21.1 Å². The van der Waals surface area contributed by atoms with Crippen molar-refractivity contribution in [3.8, 4) is 0 Å². The number of hydrogen-bond acceptors (Lipinski definition) is 0. The Morgan fingerprint density at radius 2 is 1.50 bits per heavy atom. The van der Waals surface area contributed by atoms with Gasteiger partial charge in [0.25, 0.3) is 0 Å². The average molecular weight is 312 g/mol. The van der Waals surface area contributed by atoms with Gasteiger partial charge in [0.2, 0.25) is 0 Å². The summed E-state index contributed by atoms with van der Waals surface area (Å²) in [6, 6.07) is 0.639. The molecule has 0 saturated heterocycles. The van der Waals surface area contributed by atoms with Crippen molar-refractivity contribution >= 4 is 0 Å². The molecule has 0 bridgehead atoms. The standard InChI is InChI=1S/C8H18N.W/c1-6-9(5,7-2)8(3)4;/h8H,1-2,6-7H2,3-5H3;/q-1;+2. The second kappa shape index (κ2) is 5.32. The van der Waals surface area contributed by atoms with Crippen molar-refractivity contribution < 1.29 is 25.5 Å². The number of hydrogen-bond donors (Lipinski definition) is 0. The summed E-state index contributed by atoms with van der Waals surface area (Å²) in [4.78, 5) is 0. The number of rotatable bonds is 3. The molecule has 0 aliphatic heterocycles. The fraction of sp³-hybridized carbons (Fsp3) is 0.750. The Kier molecular flexibility index (Phi) is 7.05. The van der Waals surface area contributed by atoms with Gasteiger partial charge in [-0.2, -0.15) is 0 Å². The zero-order valence-electron chi connectivity index (χ0n) is 7.26. The molecule has 0 heterocycles. The van der Waals surface area contributed by atoms with Crippen LogP contribution in [0.25, 0.3) is 0 Å². The van der Waals surface area contributed by atoms with E-state index in [1.165, 1.54) is 0 Å². The summed E-state index contributed by atoms with van der Waals surface area (Å²) >= 11 is 0. The Hall–Kier alpha value is 0.648. The Morgan fingerprint density at radius 1 is 1.20 bits per heavy atom. The SMILES string of the molecule is [CH2-]C[N+](C)(C[CH2-])C(C)C.[W+2]. The van der Waals surface area contributed by atoms with E-state index in [0.717, 1.165) is 17.6 Å². The quantitative estimate of drug-likeness (QED) is 0.547. The van der Waals surface area contributed by atoms with Crippen LogP contribution in [0.3, 0.4) is 0 Å². The van der Waals surface area contributed by atoms with Gasteiger partial charge in [-0.1, -0.05) is 0 Å². The van der Waals surface area contributed by atoms with Gasteiger partial charge in [0.05, 0.1) is 13.1 Å². The Labute approximate surface area is 79.7 Å². The van der Waals surface area contributed by atoms with E-state index in [1.54, 1.807) is 0 Å². The number of quaternary nitrogens is 1. The smallest absolute Gasteiger partial charge is 0.374 e. The molecule has 0 aromatic carbocycles. The Balaban J connectivity index is 0. The predicted molar refractivity (Wildman–Crippen MR) is 41.8 cm³/mol. The summed E-state index contributed by atoms with van der Waals surface area (Å²) in [5, 5.41) is 0. The van der Waals surface area contributed by atoms with E-state index in [9.17, 15) is 0 Å². The first kappa shape index (κ1) is 13.3. The maximum atomic E-state index is 3.88. The molecule has 0 aliphatic carbocycles. The van der Waals surface area contributed by atoms with Crippen LogP contribution in [0.15, 0.2) is 0 Å². The second-order valence-electron chi connectivity index (χ2n) is 3.02. The monoisotopic (exact) mass is 312 g/mol. The van der Waals surface area contributed by atoms with E-state index in [4.69, 9.17) is 0 Å². The van der Waals surface area contributed by atoms with Crippen LogP contribution in [0.5, 0.6) is 0 Å². The predicted octanol–water partition coefficient (Wildman–Crippen LogP) is 1.51. The summed E-state index contributed by atoms with van der Waals surface area (Å²) in [6.45, 7) is 14.0. The molecular formula is C8H18NW+. The topological polar surface area (TPSA) is 0 Å². The minimum Gasteiger partial charge on any atom is -0.374 e. The normalized spacial score (nSPS) is 11.4. The van der Waals surface area contributed by atoms with Crippen LogP contribution < -0.4 is 0 Å². The average Bonchev–Trinajstić information content (AvgIpc) is 1.86. The molecule has 0 amide bonds. The van der Waals surface area contributed by atoms with Crippen LogP contribution in [0.4, 0.5) is 0 Å². The zero-order chi connectivity index (χ0) is 7.49. The number of nitrogens with zero attached hydrogens (tertiary/aromatic N) is 1. The zero-order valence-corrected chi connectivity index (χ0v) is 10.2. The molecule has 2 heteroatoms. The first-order chi connectivity index (χ1) is 4.06. The van der Waals surface area contributed by atoms with Gasteiger partial charge < -0.3 is 4.48 Å². The molecule has 0 atom stereocenters. The first-order valence-corrected chi connectivity index (χ1v) is 3.49. The van der Waals surface area contributed by atoms with E-state index < -0.39 is 0 Å². The van der Waals surface area contributed by atoms with Gasteiger partial charge in [0.15, 0.2) is 0 Å². The van der Waals surface area contributed by atoms with Crippen LogP contribution >= 0.6 is 0 Å². The van der Waals surface area contributed by atoms with Crippen LogP contribution in [0.2, 0.25) is 0 Å². The van der Waals surface area contributed by atoms with Crippen molar-refractivity contribution in [3.63, 3.8) is 0 Å². The molecule has 0 fully saturated rings. The molecular weight excluding hydrogens is 294 g/mol. The summed E-state index contributed by atoms with van der Waals surface area (Å²) < 4.78 is 0.972. The third-order valence-corrected chi connectivity index (χ3v) is 2.27. The van der Waals surface area contributed by atoms with Crippen LogP contribution in [0.1, 0.15) is 13.8 Å². The van der Waals surface area contributed by atoms with E-state index in [2.05, 4.69) is 34.7 Å². The maximum absolute atomic E-state index is 3.88. The fourth-order valence-electron chi connectivity index (χ4n) is 0.628. The van der Waals surface area contributed by atoms with Crippen molar-refractivity contribution in [2.75, 3.05) is 20.1 Å². The van der Waals surface area contributed by atoms with E-state index in [0.29, 0.717) is 6.04 Å². The van der Waals surface area contributed by atoms with E-state index in [1.807, 2.05) is 0 Å². The van der Waals surface area contributed by atoms with Gasteiger partial charge in [-0.3, -0.25) is 13.8 Å². The van der Waals surface area contributed by atoms with Gasteiger partial charge in [-0.15, -0.1) is 0 Å². The summed E-state index contributed by atoms with van der Waals surface area (Å²) in [6.07, 6.45) is 0. The largest absolute Gasteiger partial charge is 2.00 e. The molecule has 10 heavy (non-hydrogen) atoms. The van der Waals surface area contributed by atoms with Crippen LogP contribution in [-0.4, -0.2) is 30.7 Å².